The quantitative estimate of drug-likeness (QED) is 0.290. The molecule has 0 saturated carbocycles. The first-order chi connectivity index (χ1) is 18.4. The van der Waals surface area contributed by atoms with Crippen molar-refractivity contribution in [2.45, 2.75) is 51.5 Å². The molecule has 1 aliphatic rings. The highest BCUT2D eigenvalue weighted by atomic mass is 19.1. The molecule has 0 spiro atoms. The molecule has 0 radical (unpaired) electrons. The van der Waals surface area contributed by atoms with Gasteiger partial charge in [0.2, 0.25) is 0 Å². The number of hydrogen-bond acceptors (Lipinski definition) is 4. The van der Waals surface area contributed by atoms with Gasteiger partial charge in [0.25, 0.3) is 5.91 Å². The van der Waals surface area contributed by atoms with E-state index in [0.717, 1.165) is 24.8 Å². The number of nitrogens with one attached hydrogen (secondary N) is 1. The molecule has 1 amide bonds. The molecule has 5 rings (SSSR count). The normalized spacial score (nSPS) is 15.6. The highest BCUT2D eigenvalue weighted by molar-refractivity contribution is 5.97. The van der Waals surface area contributed by atoms with Gasteiger partial charge < -0.3 is 10.4 Å². The van der Waals surface area contributed by atoms with Gasteiger partial charge >= 0.3 is 5.97 Å². The van der Waals surface area contributed by atoms with E-state index in [4.69, 9.17) is 15.1 Å². The minimum Gasteiger partial charge on any atom is -0.481 e. The van der Waals surface area contributed by atoms with E-state index < -0.39 is 5.97 Å². The Kier molecular flexibility index (Phi) is 7.45. The average molecular weight is 512 g/mol. The fourth-order valence-electron chi connectivity index (χ4n) is 5.17. The van der Waals surface area contributed by atoms with Crippen molar-refractivity contribution >= 4 is 22.9 Å². The molecule has 6 nitrogen and oxygen atoms in total. The fraction of sp³-hybridized carbons (Fsp3) is 0.290. The maximum Gasteiger partial charge on any atom is 0.303 e. The monoisotopic (exact) mass is 511 g/mol. The molecule has 0 unspecified atom stereocenters. The Morgan fingerprint density at radius 3 is 2.63 bits per heavy atom. The lowest BCUT2D eigenvalue weighted by Crippen LogP contribution is -2.31. The Morgan fingerprint density at radius 2 is 1.84 bits per heavy atom. The van der Waals surface area contributed by atoms with E-state index in [2.05, 4.69) is 17.4 Å². The molecule has 7 heteroatoms. The van der Waals surface area contributed by atoms with Crippen LogP contribution < -0.4 is 5.32 Å². The molecule has 0 fully saturated rings. The van der Waals surface area contributed by atoms with Gasteiger partial charge in [0.1, 0.15) is 5.82 Å². The van der Waals surface area contributed by atoms with Crippen molar-refractivity contribution in [2.75, 3.05) is 0 Å². The molecule has 1 heterocycles. The van der Waals surface area contributed by atoms with Crippen molar-refractivity contribution in [3.8, 4) is 11.3 Å². The second-order valence-electron chi connectivity index (χ2n) is 10.1. The summed E-state index contributed by atoms with van der Waals surface area (Å²) < 4.78 is 13.6. The zero-order chi connectivity index (χ0) is 26.6. The van der Waals surface area contributed by atoms with Gasteiger partial charge in [0.05, 0.1) is 28.5 Å². The second-order valence-corrected chi connectivity index (χ2v) is 10.1. The van der Waals surface area contributed by atoms with Gasteiger partial charge in [0.15, 0.2) is 0 Å². The Morgan fingerprint density at radius 1 is 1.05 bits per heavy atom. The number of carboxylic acid groups (broad SMARTS) is 1. The third kappa shape index (κ3) is 5.72. The van der Waals surface area contributed by atoms with Gasteiger partial charge in [-0.3, -0.25) is 9.59 Å². The molecule has 38 heavy (non-hydrogen) atoms. The van der Waals surface area contributed by atoms with Crippen molar-refractivity contribution in [1.82, 2.24) is 15.3 Å². The third-order valence-corrected chi connectivity index (χ3v) is 7.19. The van der Waals surface area contributed by atoms with Crippen molar-refractivity contribution in [2.24, 2.45) is 5.92 Å². The van der Waals surface area contributed by atoms with Crippen LogP contribution >= 0.6 is 0 Å². The third-order valence-electron chi connectivity index (χ3n) is 7.19. The number of benzene rings is 3. The van der Waals surface area contributed by atoms with E-state index in [0.29, 0.717) is 40.8 Å². The van der Waals surface area contributed by atoms with Gasteiger partial charge in [-0.15, -0.1) is 0 Å². The van der Waals surface area contributed by atoms with E-state index in [1.54, 1.807) is 30.3 Å². The van der Waals surface area contributed by atoms with E-state index in [1.807, 2.05) is 19.1 Å². The number of aromatic nitrogens is 2. The first-order valence-electron chi connectivity index (χ1n) is 13.0. The summed E-state index contributed by atoms with van der Waals surface area (Å²) in [5, 5.41) is 12.3. The number of nitrogens with zero attached hydrogens (tertiary/aromatic N) is 2. The zero-order valence-electron chi connectivity index (χ0n) is 21.3. The van der Waals surface area contributed by atoms with Crippen LogP contribution in [-0.2, 0) is 17.6 Å². The Bertz CT molecular complexity index is 1490. The highest BCUT2D eigenvalue weighted by Gasteiger charge is 2.22. The van der Waals surface area contributed by atoms with Crippen LogP contribution in [0.25, 0.3) is 22.3 Å². The van der Waals surface area contributed by atoms with Crippen LogP contribution in [0.4, 0.5) is 4.39 Å². The lowest BCUT2D eigenvalue weighted by Gasteiger charge is -2.26. The molecule has 2 N–H and O–H groups in total. The summed E-state index contributed by atoms with van der Waals surface area (Å²) in [5.74, 6) is -1.37. The van der Waals surface area contributed by atoms with Gasteiger partial charge in [-0.2, -0.15) is 0 Å². The molecule has 4 aromatic rings. The lowest BCUT2D eigenvalue weighted by molar-refractivity contribution is -0.138. The molecule has 0 aliphatic heterocycles. The number of halogens is 1. The van der Waals surface area contributed by atoms with Crippen molar-refractivity contribution < 1.29 is 19.1 Å². The maximum atomic E-state index is 13.6. The molecular weight excluding hydrogens is 481 g/mol. The molecule has 1 aromatic heterocycles. The smallest absolute Gasteiger partial charge is 0.303 e. The van der Waals surface area contributed by atoms with E-state index in [9.17, 15) is 14.0 Å². The molecule has 2 atom stereocenters. The van der Waals surface area contributed by atoms with Gasteiger partial charge in [0, 0.05) is 17.5 Å². The molecular formula is C31H30FN3O3. The van der Waals surface area contributed by atoms with E-state index in [-0.39, 0.29) is 30.1 Å². The molecule has 0 bridgehead atoms. The SMILES string of the molecule is C[C@H](CCc1nc2cc(C(=O)N[C@@H]3CCCc4ccccc43)ccc2nc1-c1ccc(F)cc1)CC(=O)O. The van der Waals surface area contributed by atoms with Crippen molar-refractivity contribution in [3.63, 3.8) is 0 Å². The summed E-state index contributed by atoms with van der Waals surface area (Å²) in [5.41, 5.74) is 6.25. The molecule has 0 saturated heterocycles. The van der Waals surface area contributed by atoms with Crippen LogP contribution in [0.3, 0.4) is 0 Å². The number of aryl methyl sites for hydroxylation is 2. The van der Waals surface area contributed by atoms with Crippen LogP contribution in [0, 0.1) is 11.7 Å². The predicted octanol–water partition coefficient (Wildman–Crippen LogP) is 6.29. The Labute approximate surface area is 221 Å². The number of amides is 1. The highest BCUT2D eigenvalue weighted by Crippen LogP contribution is 2.30. The second kappa shape index (κ2) is 11.1. The van der Waals surface area contributed by atoms with E-state index >= 15 is 0 Å². The van der Waals surface area contributed by atoms with Crippen LogP contribution in [-0.4, -0.2) is 27.0 Å². The Hall–Kier alpha value is -4.13. The van der Waals surface area contributed by atoms with Crippen LogP contribution in [0.2, 0.25) is 0 Å². The minimum absolute atomic E-state index is 0.0265. The predicted molar refractivity (Wildman–Crippen MR) is 144 cm³/mol. The number of aliphatic carboxylic acids is 1. The summed E-state index contributed by atoms with van der Waals surface area (Å²) in [4.78, 5) is 34.1. The topological polar surface area (TPSA) is 92.2 Å². The van der Waals surface area contributed by atoms with Crippen LogP contribution in [0.5, 0.6) is 0 Å². The van der Waals surface area contributed by atoms with E-state index in [1.165, 1.54) is 23.3 Å². The maximum absolute atomic E-state index is 13.6. The summed E-state index contributed by atoms with van der Waals surface area (Å²) in [6.07, 6.45) is 4.15. The fourth-order valence-corrected chi connectivity index (χ4v) is 5.17. The summed E-state index contributed by atoms with van der Waals surface area (Å²) in [6, 6.07) is 19.6. The number of rotatable bonds is 8. The minimum atomic E-state index is -0.836. The summed E-state index contributed by atoms with van der Waals surface area (Å²) >= 11 is 0. The standard InChI is InChI=1S/C31H30FN3O3/c1-19(17-29(36)37)9-15-27-30(21-10-13-23(32)14-11-21)34-26-16-12-22(18-28(26)33-27)31(38)35-25-8-4-6-20-5-2-3-7-24(20)25/h2-3,5,7,10-14,16,18-19,25H,4,6,8-9,15,17H2,1H3,(H,35,38)(H,36,37)/t19-,25-/m1/s1. The van der Waals surface area contributed by atoms with Gasteiger partial charge in [-0.1, -0.05) is 31.2 Å². The zero-order valence-corrected chi connectivity index (χ0v) is 21.3. The number of carboxylic acids is 1. The lowest BCUT2D eigenvalue weighted by atomic mass is 9.87. The number of hydrogen-bond donors (Lipinski definition) is 2. The van der Waals surface area contributed by atoms with Gasteiger partial charge in [-0.25, -0.2) is 14.4 Å². The average Bonchev–Trinajstić information content (AvgIpc) is 2.91. The van der Waals surface area contributed by atoms with Gasteiger partial charge in [-0.05, 0) is 91.6 Å². The van der Waals surface area contributed by atoms with Crippen molar-refractivity contribution in [3.05, 3.63) is 94.9 Å². The number of carbonyl (C=O) groups is 2. The van der Waals surface area contributed by atoms with Crippen LogP contribution in [0.15, 0.2) is 66.7 Å². The van der Waals surface area contributed by atoms with Crippen LogP contribution in [0.1, 0.15) is 65.8 Å². The molecule has 194 valence electrons. The largest absolute Gasteiger partial charge is 0.481 e. The molecule has 1 aliphatic carbocycles. The first kappa shape index (κ1) is 25.5. The summed E-state index contributed by atoms with van der Waals surface area (Å²) in [7, 11) is 0. The van der Waals surface area contributed by atoms with Crippen molar-refractivity contribution in [1.29, 1.82) is 0 Å². The summed E-state index contributed by atoms with van der Waals surface area (Å²) in [6.45, 7) is 1.89. The number of carbonyl (C=O) groups excluding carboxylic acids is 1. The number of fused-ring (bicyclic) bond motifs is 2. The Balaban J connectivity index is 1.45. The first-order valence-corrected chi connectivity index (χ1v) is 13.0. The molecule has 3 aromatic carbocycles.